The lowest BCUT2D eigenvalue weighted by Crippen LogP contribution is -2.56. The Morgan fingerprint density at radius 3 is 2.68 bits per heavy atom. The number of carbonyl (C=O) groups is 2. The zero-order valence-electron chi connectivity index (χ0n) is 11.5. The Kier molecular flexibility index (Phi) is 5.13. The van der Waals surface area contributed by atoms with E-state index in [1.807, 2.05) is 20.8 Å². The van der Waals surface area contributed by atoms with Crippen molar-refractivity contribution in [2.24, 2.45) is 0 Å². The molecular formula is C12H22N2O5. The predicted molar refractivity (Wildman–Crippen MR) is 67.9 cm³/mol. The minimum absolute atomic E-state index is 0.00956. The second kappa shape index (κ2) is 6.21. The van der Waals surface area contributed by atoms with Gasteiger partial charge in [0.15, 0.2) is 6.10 Å². The van der Waals surface area contributed by atoms with Crippen molar-refractivity contribution in [3.8, 4) is 0 Å². The van der Waals surface area contributed by atoms with Crippen LogP contribution in [0.1, 0.15) is 27.2 Å². The first-order valence-corrected chi connectivity index (χ1v) is 6.33. The average molecular weight is 274 g/mol. The highest BCUT2D eigenvalue weighted by Gasteiger charge is 2.33. The molecule has 0 aromatic heterocycles. The predicted octanol–water partition coefficient (Wildman–Crippen LogP) is 0.0309. The smallest absolute Gasteiger partial charge is 0.332 e. The van der Waals surface area contributed by atoms with Gasteiger partial charge >= 0.3 is 12.0 Å². The Labute approximate surface area is 112 Å². The van der Waals surface area contributed by atoms with Crippen molar-refractivity contribution in [3.63, 3.8) is 0 Å². The molecule has 110 valence electrons. The number of aliphatic hydroxyl groups excluding tert-OH is 1. The zero-order chi connectivity index (χ0) is 14.6. The number of hydrogen-bond acceptors (Lipinski definition) is 4. The first-order chi connectivity index (χ1) is 8.71. The van der Waals surface area contributed by atoms with Crippen molar-refractivity contribution in [3.05, 3.63) is 0 Å². The van der Waals surface area contributed by atoms with E-state index in [0.717, 1.165) is 0 Å². The minimum atomic E-state index is -1.44. The molecule has 2 amide bonds. The summed E-state index contributed by atoms with van der Waals surface area (Å²) in [7, 11) is 0. The summed E-state index contributed by atoms with van der Waals surface area (Å²) in [6, 6.07) is -0.263. The Balaban J connectivity index is 2.39. The lowest BCUT2D eigenvalue weighted by molar-refractivity contribution is -0.146. The van der Waals surface area contributed by atoms with Crippen LogP contribution < -0.4 is 5.32 Å². The molecule has 0 saturated carbocycles. The largest absolute Gasteiger partial charge is 0.479 e. The maximum Gasteiger partial charge on any atom is 0.332 e. The monoisotopic (exact) mass is 274 g/mol. The fourth-order valence-electron chi connectivity index (χ4n) is 2.16. The second-order valence-corrected chi connectivity index (χ2v) is 5.44. The van der Waals surface area contributed by atoms with Gasteiger partial charge in [0, 0.05) is 19.5 Å². The highest BCUT2D eigenvalue weighted by Crippen LogP contribution is 2.20. The molecule has 0 spiro atoms. The number of hydrogen-bond donors (Lipinski definition) is 3. The summed E-state index contributed by atoms with van der Waals surface area (Å²) in [5.74, 6) is -1.28. The number of carboxylic acids is 1. The fourth-order valence-corrected chi connectivity index (χ4v) is 2.16. The van der Waals surface area contributed by atoms with Crippen LogP contribution >= 0.6 is 0 Å². The molecule has 0 aromatic carbocycles. The molecule has 2 atom stereocenters. The van der Waals surface area contributed by atoms with Crippen molar-refractivity contribution in [2.75, 3.05) is 19.6 Å². The molecule has 0 aromatic rings. The van der Waals surface area contributed by atoms with E-state index < -0.39 is 17.7 Å². The number of amides is 2. The third-order valence-electron chi connectivity index (χ3n) is 2.84. The standard InChI is InChI=1S/C12H22N2O5/c1-8-6-14(7-12(2,3)19-8)11(18)13-5-4-9(15)10(16)17/h8-9,15H,4-7H2,1-3H3,(H,13,18)(H,16,17)/t8?,9-/m0/s1. The van der Waals surface area contributed by atoms with E-state index in [2.05, 4.69) is 5.32 Å². The van der Waals surface area contributed by atoms with Gasteiger partial charge in [-0.1, -0.05) is 0 Å². The number of carboxylic acid groups (broad SMARTS) is 1. The number of rotatable bonds is 4. The quantitative estimate of drug-likeness (QED) is 0.672. The van der Waals surface area contributed by atoms with Gasteiger partial charge in [-0.3, -0.25) is 0 Å². The van der Waals surface area contributed by atoms with Crippen LogP contribution in [0, 0.1) is 0 Å². The van der Waals surface area contributed by atoms with Crippen LogP contribution in [-0.4, -0.2) is 64.6 Å². The van der Waals surface area contributed by atoms with E-state index >= 15 is 0 Å². The Hall–Kier alpha value is -1.34. The SMILES string of the molecule is CC1CN(C(=O)NCC[C@H](O)C(=O)O)CC(C)(C)O1. The molecule has 1 heterocycles. The molecule has 1 aliphatic heterocycles. The van der Waals surface area contributed by atoms with Gasteiger partial charge in [0.05, 0.1) is 18.2 Å². The first-order valence-electron chi connectivity index (χ1n) is 6.33. The first kappa shape index (κ1) is 15.7. The van der Waals surface area contributed by atoms with Crippen molar-refractivity contribution < 1.29 is 24.5 Å². The van der Waals surface area contributed by atoms with Crippen LogP contribution in [0.2, 0.25) is 0 Å². The van der Waals surface area contributed by atoms with Gasteiger partial charge in [0.2, 0.25) is 0 Å². The topological polar surface area (TPSA) is 99.1 Å². The number of aliphatic hydroxyl groups is 1. The molecule has 1 aliphatic rings. The minimum Gasteiger partial charge on any atom is -0.479 e. The summed E-state index contributed by atoms with van der Waals surface area (Å²) in [5, 5.41) is 20.2. The Morgan fingerprint density at radius 2 is 2.16 bits per heavy atom. The maximum atomic E-state index is 11.9. The number of urea groups is 1. The Morgan fingerprint density at radius 1 is 1.53 bits per heavy atom. The van der Waals surface area contributed by atoms with E-state index in [1.54, 1.807) is 4.90 Å². The van der Waals surface area contributed by atoms with Crippen LogP contribution in [-0.2, 0) is 9.53 Å². The average Bonchev–Trinajstić information content (AvgIpc) is 2.25. The highest BCUT2D eigenvalue weighted by atomic mass is 16.5. The van der Waals surface area contributed by atoms with Crippen LogP contribution in [0.4, 0.5) is 4.79 Å². The highest BCUT2D eigenvalue weighted by molar-refractivity contribution is 5.75. The van der Waals surface area contributed by atoms with Gasteiger partial charge in [-0.05, 0) is 20.8 Å². The maximum absolute atomic E-state index is 11.9. The lowest BCUT2D eigenvalue weighted by atomic mass is 10.1. The van der Waals surface area contributed by atoms with Crippen LogP contribution in [0.3, 0.4) is 0 Å². The van der Waals surface area contributed by atoms with Gasteiger partial charge in [0.25, 0.3) is 0 Å². The number of nitrogens with one attached hydrogen (secondary N) is 1. The van der Waals surface area contributed by atoms with E-state index in [-0.39, 0.29) is 25.1 Å². The zero-order valence-corrected chi connectivity index (χ0v) is 11.5. The van der Waals surface area contributed by atoms with Gasteiger partial charge in [-0.25, -0.2) is 9.59 Å². The summed E-state index contributed by atoms with van der Waals surface area (Å²) in [4.78, 5) is 24.0. The van der Waals surface area contributed by atoms with Crippen LogP contribution in [0.5, 0.6) is 0 Å². The molecule has 1 fully saturated rings. The third kappa shape index (κ3) is 5.04. The Bertz CT molecular complexity index is 345. The third-order valence-corrected chi connectivity index (χ3v) is 2.84. The lowest BCUT2D eigenvalue weighted by Gasteiger charge is -2.41. The van der Waals surface area contributed by atoms with E-state index in [4.69, 9.17) is 14.9 Å². The molecule has 7 heteroatoms. The number of morpholine rings is 1. The second-order valence-electron chi connectivity index (χ2n) is 5.44. The summed E-state index contributed by atoms with van der Waals surface area (Å²) in [6.45, 7) is 6.82. The molecule has 19 heavy (non-hydrogen) atoms. The van der Waals surface area contributed by atoms with Crippen molar-refractivity contribution in [1.29, 1.82) is 0 Å². The van der Waals surface area contributed by atoms with Gasteiger partial charge in [0.1, 0.15) is 0 Å². The summed E-state index contributed by atoms with van der Waals surface area (Å²) in [6.07, 6.45) is -1.50. The summed E-state index contributed by atoms with van der Waals surface area (Å²) >= 11 is 0. The van der Waals surface area contributed by atoms with Gasteiger partial charge < -0.3 is 25.2 Å². The number of ether oxygens (including phenoxy) is 1. The number of aliphatic carboxylic acids is 1. The summed E-state index contributed by atoms with van der Waals surface area (Å²) < 4.78 is 5.69. The molecule has 0 radical (unpaired) electrons. The van der Waals surface area contributed by atoms with Crippen molar-refractivity contribution in [1.82, 2.24) is 10.2 Å². The molecule has 1 unspecified atom stereocenters. The van der Waals surface area contributed by atoms with Crippen molar-refractivity contribution >= 4 is 12.0 Å². The number of nitrogens with zero attached hydrogens (tertiary/aromatic N) is 1. The van der Waals surface area contributed by atoms with E-state index in [0.29, 0.717) is 13.1 Å². The van der Waals surface area contributed by atoms with Crippen LogP contribution in [0.15, 0.2) is 0 Å². The van der Waals surface area contributed by atoms with Crippen LogP contribution in [0.25, 0.3) is 0 Å². The molecular weight excluding hydrogens is 252 g/mol. The van der Waals surface area contributed by atoms with Gasteiger partial charge in [-0.15, -0.1) is 0 Å². The molecule has 7 nitrogen and oxygen atoms in total. The normalized spacial score (nSPS) is 23.8. The molecule has 1 saturated heterocycles. The fraction of sp³-hybridized carbons (Fsp3) is 0.833. The molecule has 0 aliphatic carbocycles. The van der Waals surface area contributed by atoms with E-state index in [1.165, 1.54) is 0 Å². The molecule has 3 N–H and O–H groups in total. The van der Waals surface area contributed by atoms with E-state index in [9.17, 15) is 9.59 Å². The molecule has 1 rings (SSSR count). The summed E-state index contributed by atoms with van der Waals surface area (Å²) in [5.41, 5.74) is -0.393. The van der Waals surface area contributed by atoms with Gasteiger partial charge in [-0.2, -0.15) is 0 Å². The van der Waals surface area contributed by atoms with Crippen molar-refractivity contribution in [2.45, 2.75) is 45.0 Å². The number of carbonyl (C=O) groups excluding carboxylic acids is 1. The molecule has 0 bridgehead atoms.